The van der Waals surface area contributed by atoms with Crippen LogP contribution in [-0.4, -0.2) is 107 Å². The van der Waals surface area contributed by atoms with E-state index in [1.807, 2.05) is 36.5 Å². The lowest BCUT2D eigenvalue weighted by atomic mass is 9.87. The maximum Gasteiger partial charge on any atom is 0.303 e. The number of aliphatic hydroxyl groups excluding tert-OH is 3. The molecule has 5 heterocycles. The van der Waals surface area contributed by atoms with E-state index < -0.39 is 67.1 Å². The van der Waals surface area contributed by atoms with Crippen LogP contribution in [0.15, 0.2) is 61.3 Å². The number of ether oxygens (including phenoxy) is 6. The van der Waals surface area contributed by atoms with Crippen molar-refractivity contribution in [3.63, 3.8) is 0 Å². The molecule has 0 aliphatic carbocycles. The van der Waals surface area contributed by atoms with Crippen molar-refractivity contribution in [1.82, 2.24) is 0 Å². The molecule has 13 atom stereocenters. The van der Waals surface area contributed by atoms with Crippen LogP contribution in [0.4, 0.5) is 0 Å². The summed E-state index contributed by atoms with van der Waals surface area (Å²) in [4.78, 5) is 11.6. The minimum Gasteiger partial charge on any atom is -0.456 e. The minimum atomic E-state index is -0.981. The lowest BCUT2D eigenvalue weighted by Crippen LogP contribution is -2.63. The van der Waals surface area contributed by atoms with Gasteiger partial charge in [-0.05, 0) is 18.9 Å². The predicted octanol–water partition coefficient (Wildman–Crippen LogP) is 1.05. The third-order valence-corrected chi connectivity index (χ3v) is 7.66. The average molecular weight is 547 g/mol. The van der Waals surface area contributed by atoms with E-state index in [9.17, 15) is 15.0 Å². The highest BCUT2D eigenvalue weighted by molar-refractivity contribution is 5.66. The first-order valence-electron chi connectivity index (χ1n) is 13.6. The highest BCUT2D eigenvalue weighted by Crippen LogP contribution is 2.39. The van der Waals surface area contributed by atoms with Gasteiger partial charge in [-0.3, -0.25) is 4.79 Å². The van der Waals surface area contributed by atoms with Crippen molar-refractivity contribution >= 4 is 5.97 Å². The van der Waals surface area contributed by atoms with Gasteiger partial charge in [0.15, 0.2) is 0 Å². The molecule has 0 amide bonds. The Morgan fingerprint density at radius 3 is 2.51 bits per heavy atom. The van der Waals surface area contributed by atoms with Crippen molar-refractivity contribution in [2.24, 2.45) is 0 Å². The number of esters is 1. The molecule has 3 N–H and O–H groups in total. The van der Waals surface area contributed by atoms with Crippen molar-refractivity contribution in [2.45, 2.75) is 106 Å². The fraction of sp³-hybridized carbons (Fsp3) is 0.621. The molecule has 5 aliphatic rings. The number of aliphatic hydroxyl groups is 3. The van der Waals surface area contributed by atoms with E-state index in [4.69, 9.17) is 33.5 Å². The van der Waals surface area contributed by atoms with Crippen molar-refractivity contribution < 1.29 is 48.5 Å². The number of fused-ring (bicyclic) bond motifs is 4. The Hall–Kier alpha value is -2.15. The van der Waals surface area contributed by atoms with Gasteiger partial charge in [-0.25, -0.2) is 0 Å². The molecule has 0 aromatic carbocycles. The second kappa shape index (κ2) is 12.6. The molecule has 5 rings (SSSR count). The molecular weight excluding hydrogens is 508 g/mol. The highest BCUT2D eigenvalue weighted by Gasteiger charge is 2.52. The number of carbonyl (C=O) groups excluding carboxylic acids is 1. The maximum absolute atomic E-state index is 11.6. The van der Waals surface area contributed by atoms with Crippen LogP contribution in [0.5, 0.6) is 0 Å². The van der Waals surface area contributed by atoms with Crippen molar-refractivity contribution in [2.75, 3.05) is 6.61 Å². The Morgan fingerprint density at radius 2 is 1.74 bits per heavy atom. The first kappa shape index (κ1) is 28.4. The first-order chi connectivity index (χ1) is 18.9. The molecular formula is C29H38O10. The monoisotopic (exact) mass is 546 g/mol. The van der Waals surface area contributed by atoms with E-state index in [0.717, 1.165) is 0 Å². The van der Waals surface area contributed by atoms with Crippen LogP contribution in [0, 0.1) is 0 Å². The fourth-order valence-electron chi connectivity index (χ4n) is 5.81. The van der Waals surface area contributed by atoms with E-state index >= 15 is 0 Å². The number of hydrogen-bond acceptors (Lipinski definition) is 10. The Kier molecular flexibility index (Phi) is 9.15. The van der Waals surface area contributed by atoms with Crippen LogP contribution in [0.1, 0.15) is 26.2 Å². The SMILES string of the molecule is C=CC[C@H]1O[C@H]2C=C[C@H]3O[C@H]4[C@H](O)[C@H]5O[C@@H](/C=C/[C@H](O)CO)C=CC[C@@H]5O[C@@H]4C[C@@H]3O[C@@H]2C=C[C@@H]1OC(C)=O. The summed E-state index contributed by atoms with van der Waals surface area (Å²) in [5.74, 6) is -0.388. The van der Waals surface area contributed by atoms with Crippen LogP contribution in [0.2, 0.25) is 0 Å². The van der Waals surface area contributed by atoms with Gasteiger partial charge in [0.1, 0.15) is 48.8 Å². The molecule has 214 valence electrons. The molecule has 0 aromatic rings. The Balaban J connectivity index is 1.29. The zero-order chi connectivity index (χ0) is 27.5. The summed E-state index contributed by atoms with van der Waals surface area (Å²) >= 11 is 0. The molecule has 0 spiro atoms. The molecule has 2 saturated heterocycles. The van der Waals surface area contributed by atoms with Crippen molar-refractivity contribution in [1.29, 1.82) is 0 Å². The van der Waals surface area contributed by atoms with Crippen LogP contribution in [0.25, 0.3) is 0 Å². The number of carbonyl (C=O) groups is 1. The van der Waals surface area contributed by atoms with Gasteiger partial charge in [0.25, 0.3) is 0 Å². The Morgan fingerprint density at radius 1 is 1.00 bits per heavy atom. The van der Waals surface area contributed by atoms with Crippen LogP contribution in [0.3, 0.4) is 0 Å². The first-order valence-corrected chi connectivity index (χ1v) is 13.6. The van der Waals surface area contributed by atoms with E-state index in [2.05, 4.69) is 6.58 Å². The Bertz CT molecular complexity index is 991. The largest absolute Gasteiger partial charge is 0.456 e. The second-order valence-corrected chi connectivity index (χ2v) is 10.5. The van der Waals surface area contributed by atoms with Crippen LogP contribution in [-0.2, 0) is 33.2 Å². The molecule has 0 aromatic heterocycles. The highest BCUT2D eigenvalue weighted by atomic mass is 16.6. The van der Waals surface area contributed by atoms with E-state index in [1.54, 1.807) is 12.2 Å². The summed E-state index contributed by atoms with van der Waals surface area (Å²) in [6.07, 6.45) is 10.7. The zero-order valence-corrected chi connectivity index (χ0v) is 21.9. The van der Waals surface area contributed by atoms with Gasteiger partial charge >= 0.3 is 5.97 Å². The summed E-state index contributed by atoms with van der Waals surface area (Å²) < 4.78 is 37.2. The summed E-state index contributed by atoms with van der Waals surface area (Å²) in [5, 5.41) is 30.1. The van der Waals surface area contributed by atoms with Gasteiger partial charge in [0, 0.05) is 13.3 Å². The molecule has 10 nitrogen and oxygen atoms in total. The van der Waals surface area contributed by atoms with Gasteiger partial charge in [0.2, 0.25) is 0 Å². The summed E-state index contributed by atoms with van der Waals surface area (Å²) in [6, 6.07) is 0. The molecule has 0 unspecified atom stereocenters. The topological polar surface area (TPSA) is 133 Å². The van der Waals surface area contributed by atoms with E-state index in [1.165, 1.54) is 13.0 Å². The fourth-order valence-corrected chi connectivity index (χ4v) is 5.81. The third-order valence-electron chi connectivity index (χ3n) is 7.66. The quantitative estimate of drug-likeness (QED) is 0.328. The standard InChI is InChI=1S/C29H38O10/c1-3-5-19-20(34-16(2)31)10-11-22-21(36-19)12-13-23-25(37-22)14-26-29(39-23)27(33)28-24(38-26)7-4-6-18(35-28)9-8-17(32)15-30/h3-4,6,8-13,17-30,32-33H,1,5,7,14-15H2,2H3/b9-8+/t17-,18+,19+,20-,21-,22+,23+,24-,25-,26+,27+,28-,29+/m0/s1. The van der Waals surface area contributed by atoms with Gasteiger partial charge < -0.3 is 43.7 Å². The lowest BCUT2D eigenvalue weighted by Gasteiger charge is -2.49. The summed E-state index contributed by atoms with van der Waals surface area (Å²) in [6.45, 7) is 4.79. The zero-order valence-electron chi connectivity index (χ0n) is 21.9. The van der Waals surface area contributed by atoms with Gasteiger partial charge in [0.05, 0.1) is 37.1 Å². The lowest BCUT2D eigenvalue weighted by molar-refractivity contribution is -0.287. The molecule has 2 fully saturated rings. The molecule has 5 aliphatic heterocycles. The number of hydrogen-bond donors (Lipinski definition) is 3. The maximum atomic E-state index is 11.6. The second-order valence-electron chi connectivity index (χ2n) is 10.5. The molecule has 10 heteroatoms. The normalized spacial score (nSPS) is 44.1. The van der Waals surface area contributed by atoms with Crippen LogP contribution < -0.4 is 0 Å². The van der Waals surface area contributed by atoms with Gasteiger partial charge in [-0.2, -0.15) is 0 Å². The molecule has 0 bridgehead atoms. The van der Waals surface area contributed by atoms with Crippen molar-refractivity contribution in [3.05, 3.63) is 61.3 Å². The van der Waals surface area contributed by atoms with Gasteiger partial charge in [-0.1, -0.05) is 48.6 Å². The summed E-state index contributed by atoms with van der Waals surface area (Å²) in [7, 11) is 0. The molecule has 0 radical (unpaired) electrons. The number of rotatable bonds is 6. The predicted molar refractivity (Wildman–Crippen MR) is 139 cm³/mol. The molecule has 0 saturated carbocycles. The Labute approximate surface area is 228 Å². The van der Waals surface area contributed by atoms with Gasteiger partial charge in [-0.15, -0.1) is 6.58 Å². The summed E-state index contributed by atoms with van der Waals surface area (Å²) in [5.41, 5.74) is 0. The van der Waals surface area contributed by atoms with E-state index in [0.29, 0.717) is 19.3 Å². The van der Waals surface area contributed by atoms with E-state index in [-0.39, 0.29) is 24.8 Å². The smallest absolute Gasteiger partial charge is 0.303 e. The third kappa shape index (κ3) is 6.44. The molecule has 39 heavy (non-hydrogen) atoms. The minimum absolute atomic E-state index is 0.337. The van der Waals surface area contributed by atoms with Crippen LogP contribution >= 0.6 is 0 Å². The average Bonchev–Trinajstić information content (AvgIpc) is 3.29. The van der Waals surface area contributed by atoms with Crippen molar-refractivity contribution in [3.8, 4) is 0 Å².